The zero-order valence-corrected chi connectivity index (χ0v) is 17.3. The molecule has 1 aliphatic rings. The molecule has 8 nitrogen and oxygen atoms in total. The summed E-state index contributed by atoms with van der Waals surface area (Å²) in [6.07, 6.45) is 2.88. The van der Waals surface area contributed by atoms with Gasteiger partial charge >= 0.3 is 0 Å². The van der Waals surface area contributed by atoms with E-state index in [-0.39, 0.29) is 16.4 Å². The van der Waals surface area contributed by atoms with Crippen LogP contribution in [-0.2, 0) is 29.7 Å². The second-order valence-electron chi connectivity index (χ2n) is 6.17. The summed E-state index contributed by atoms with van der Waals surface area (Å²) in [6.45, 7) is -0.398. The van der Waals surface area contributed by atoms with Gasteiger partial charge in [0.1, 0.15) is 9.46 Å². The summed E-state index contributed by atoms with van der Waals surface area (Å²) >= 11 is 1.05. The minimum atomic E-state index is -3.97. The van der Waals surface area contributed by atoms with Crippen molar-refractivity contribution in [3.63, 3.8) is 0 Å². The quantitative estimate of drug-likeness (QED) is 0.660. The van der Waals surface area contributed by atoms with Gasteiger partial charge in [-0.3, -0.25) is 4.98 Å². The highest BCUT2D eigenvalue weighted by Crippen LogP contribution is 2.31. The van der Waals surface area contributed by atoms with E-state index in [0.717, 1.165) is 11.3 Å². The lowest BCUT2D eigenvalue weighted by Gasteiger charge is -2.19. The summed E-state index contributed by atoms with van der Waals surface area (Å²) in [5.41, 5.74) is 0.354. The Bertz CT molecular complexity index is 1090. The molecular formula is C15H18N2O6S4. The van der Waals surface area contributed by atoms with Crippen LogP contribution in [-0.4, -0.2) is 53.5 Å². The lowest BCUT2D eigenvalue weighted by atomic mass is 10.2. The fraction of sp³-hybridized carbons (Fsp3) is 0.400. The fourth-order valence-corrected chi connectivity index (χ4v) is 9.90. The molecule has 2 aromatic heterocycles. The summed E-state index contributed by atoms with van der Waals surface area (Å²) in [6, 6.07) is 6.20. The molecule has 1 fully saturated rings. The van der Waals surface area contributed by atoms with Crippen molar-refractivity contribution in [3.05, 3.63) is 47.6 Å². The van der Waals surface area contributed by atoms with Gasteiger partial charge in [0, 0.05) is 18.9 Å². The average Bonchev–Trinajstić information content (AvgIpc) is 3.26. The van der Waals surface area contributed by atoms with Crippen molar-refractivity contribution in [3.8, 4) is 0 Å². The Morgan fingerprint density at radius 3 is 2.56 bits per heavy atom. The van der Waals surface area contributed by atoms with Crippen molar-refractivity contribution >= 4 is 41.0 Å². The van der Waals surface area contributed by atoms with Gasteiger partial charge in [0.25, 0.3) is 0 Å². The van der Waals surface area contributed by atoms with Gasteiger partial charge in [-0.25, -0.2) is 30.0 Å². The zero-order chi connectivity index (χ0) is 19.7. The monoisotopic (exact) mass is 450 g/mol. The zero-order valence-electron chi connectivity index (χ0n) is 14.1. The van der Waals surface area contributed by atoms with Crippen LogP contribution in [0.1, 0.15) is 17.2 Å². The Balaban J connectivity index is 1.87. The Labute approximate surface area is 162 Å². The number of nitrogens with zero attached hydrogens (tertiary/aromatic N) is 1. The van der Waals surface area contributed by atoms with Crippen LogP contribution in [0.2, 0.25) is 0 Å². The van der Waals surface area contributed by atoms with Crippen LogP contribution in [0.3, 0.4) is 0 Å². The van der Waals surface area contributed by atoms with Crippen molar-refractivity contribution in [2.45, 2.75) is 21.1 Å². The molecule has 0 aromatic carbocycles. The van der Waals surface area contributed by atoms with Crippen molar-refractivity contribution in [2.75, 3.05) is 18.1 Å². The molecular weight excluding hydrogens is 432 g/mol. The third-order valence-electron chi connectivity index (χ3n) is 4.31. The number of nitrogens with one attached hydrogen (secondary N) is 1. The van der Waals surface area contributed by atoms with E-state index in [4.69, 9.17) is 0 Å². The molecule has 0 aliphatic carbocycles. The second-order valence-corrected chi connectivity index (χ2v) is 13.7. The molecule has 3 heterocycles. The van der Waals surface area contributed by atoms with Crippen LogP contribution < -0.4 is 4.72 Å². The van der Waals surface area contributed by atoms with E-state index in [9.17, 15) is 25.3 Å². The van der Waals surface area contributed by atoms with Crippen LogP contribution in [0.15, 0.2) is 46.2 Å². The van der Waals surface area contributed by atoms with Crippen molar-refractivity contribution in [1.82, 2.24) is 9.71 Å². The van der Waals surface area contributed by atoms with E-state index in [1.165, 1.54) is 18.5 Å². The SMILES string of the molecule is O=S1(=O)CCC(S(=O)(=O)NCC(c2cccnc2)S(=O)(=O)c2cccs2)C1. The number of pyridine rings is 1. The first kappa shape index (κ1) is 20.4. The van der Waals surface area contributed by atoms with Gasteiger partial charge < -0.3 is 0 Å². The number of rotatable bonds is 7. The third-order valence-corrected chi connectivity index (χ3v) is 11.7. The largest absolute Gasteiger partial charge is 0.264 e. The second kappa shape index (κ2) is 7.59. The molecule has 2 atom stereocenters. The Morgan fingerprint density at radius 1 is 1.22 bits per heavy atom. The summed E-state index contributed by atoms with van der Waals surface area (Å²) in [7, 11) is -11.2. The Morgan fingerprint density at radius 2 is 2.00 bits per heavy atom. The smallest absolute Gasteiger partial charge is 0.215 e. The predicted octanol–water partition coefficient (Wildman–Crippen LogP) is 0.765. The Hall–Kier alpha value is -1.34. The summed E-state index contributed by atoms with van der Waals surface area (Å²) in [4.78, 5) is 3.92. The molecule has 0 spiro atoms. The van der Waals surface area contributed by atoms with Crippen LogP contribution in [0, 0.1) is 0 Å². The van der Waals surface area contributed by atoms with Crippen LogP contribution >= 0.6 is 11.3 Å². The topological polar surface area (TPSA) is 127 Å². The van der Waals surface area contributed by atoms with E-state index < -0.39 is 52.5 Å². The Kier molecular flexibility index (Phi) is 5.73. The maximum Gasteiger partial charge on any atom is 0.215 e. The van der Waals surface area contributed by atoms with Crippen LogP contribution in [0.25, 0.3) is 0 Å². The van der Waals surface area contributed by atoms with Gasteiger partial charge in [-0.2, -0.15) is 0 Å². The number of hydrogen-bond acceptors (Lipinski definition) is 8. The lowest BCUT2D eigenvalue weighted by Crippen LogP contribution is -2.38. The average molecular weight is 451 g/mol. The van der Waals surface area contributed by atoms with E-state index >= 15 is 0 Å². The molecule has 0 bridgehead atoms. The molecule has 1 saturated heterocycles. The third kappa shape index (κ3) is 4.57. The highest BCUT2D eigenvalue weighted by molar-refractivity contribution is 7.95. The van der Waals surface area contributed by atoms with Gasteiger partial charge in [-0.15, -0.1) is 11.3 Å². The minimum Gasteiger partial charge on any atom is -0.264 e. The molecule has 2 aromatic rings. The van der Waals surface area contributed by atoms with Gasteiger partial charge in [0.05, 0.1) is 16.8 Å². The maximum atomic E-state index is 13.0. The summed E-state index contributed by atoms with van der Waals surface area (Å²) < 4.78 is 76.5. The van der Waals surface area contributed by atoms with E-state index in [1.54, 1.807) is 23.6 Å². The summed E-state index contributed by atoms with van der Waals surface area (Å²) in [5.74, 6) is -0.629. The number of hydrogen-bond donors (Lipinski definition) is 1. The van der Waals surface area contributed by atoms with Gasteiger partial charge in [0.2, 0.25) is 10.0 Å². The van der Waals surface area contributed by atoms with Crippen molar-refractivity contribution in [2.24, 2.45) is 0 Å². The van der Waals surface area contributed by atoms with Crippen molar-refractivity contribution in [1.29, 1.82) is 0 Å². The van der Waals surface area contributed by atoms with E-state index in [1.807, 2.05) is 0 Å². The number of thiophene rings is 1. The first-order chi connectivity index (χ1) is 12.6. The molecule has 0 amide bonds. The molecule has 148 valence electrons. The predicted molar refractivity (Wildman–Crippen MR) is 102 cm³/mol. The maximum absolute atomic E-state index is 13.0. The van der Waals surface area contributed by atoms with Crippen LogP contribution in [0.5, 0.6) is 0 Å². The van der Waals surface area contributed by atoms with Crippen molar-refractivity contribution < 1.29 is 25.3 Å². The number of aromatic nitrogens is 1. The lowest BCUT2D eigenvalue weighted by molar-refractivity contribution is 0.560. The minimum absolute atomic E-state index is 0.00685. The molecule has 1 aliphatic heterocycles. The van der Waals surface area contributed by atoms with Gasteiger partial charge in [0.15, 0.2) is 19.7 Å². The summed E-state index contributed by atoms with van der Waals surface area (Å²) in [5, 5.41) is -0.611. The van der Waals surface area contributed by atoms with Gasteiger partial charge in [-0.05, 0) is 29.5 Å². The normalized spacial score (nSPS) is 21.1. The molecule has 27 heavy (non-hydrogen) atoms. The molecule has 12 heteroatoms. The fourth-order valence-electron chi connectivity index (χ4n) is 2.85. The molecule has 1 N–H and O–H groups in total. The molecule has 2 unspecified atom stereocenters. The number of sulfone groups is 2. The van der Waals surface area contributed by atoms with Gasteiger partial charge in [-0.1, -0.05) is 12.1 Å². The molecule has 3 rings (SSSR count). The molecule has 0 radical (unpaired) electrons. The first-order valence-corrected chi connectivity index (χ1v) is 13.8. The number of sulfonamides is 1. The van der Waals surface area contributed by atoms with E-state index in [2.05, 4.69) is 9.71 Å². The molecule has 0 saturated carbocycles. The first-order valence-electron chi connectivity index (χ1n) is 7.98. The standard InChI is InChI=1S/C15H18N2O6S4/c18-25(19)8-5-13(11-25)27(22,23)17-10-14(12-3-1-6-16-9-12)26(20,21)15-4-2-7-24-15/h1-4,6-7,9,13-14,17H,5,8,10-11H2. The highest BCUT2D eigenvalue weighted by Gasteiger charge is 2.38. The highest BCUT2D eigenvalue weighted by atomic mass is 32.2. The van der Waals surface area contributed by atoms with E-state index in [0.29, 0.717) is 5.56 Å². The van der Waals surface area contributed by atoms with Crippen LogP contribution in [0.4, 0.5) is 0 Å².